The summed E-state index contributed by atoms with van der Waals surface area (Å²) in [6.45, 7) is 9.73. The quantitative estimate of drug-likeness (QED) is 0.422. The van der Waals surface area contributed by atoms with Crippen LogP contribution in [0.2, 0.25) is 0 Å². The number of rotatable bonds is 5. The van der Waals surface area contributed by atoms with Crippen molar-refractivity contribution < 1.29 is 14.3 Å². The van der Waals surface area contributed by atoms with Crippen molar-refractivity contribution in [2.45, 2.75) is 53.1 Å². The smallest absolute Gasteiger partial charge is 0.418 e. The third-order valence-electron chi connectivity index (χ3n) is 3.32. The third kappa shape index (κ3) is 7.44. The number of ether oxygens (including phenoxy) is 1. The zero-order chi connectivity index (χ0) is 19.2. The van der Waals surface area contributed by atoms with Crippen LogP contribution in [0.15, 0.2) is 28.7 Å². The lowest BCUT2D eigenvalue weighted by molar-refractivity contribution is 0.0323. The van der Waals surface area contributed by atoms with Crippen LogP contribution in [0, 0.1) is 5.92 Å². The second-order valence-corrected chi connectivity index (χ2v) is 8.21. The highest BCUT2D eigenvalue weighted by Crippen LogP contribution is 2.19. The molecule has 140 valence electrons. The molecule has 0 aliphatic heterocycles. The highest BCUT2D eigenvalue weighted by molar-refractivity contribution is 9.10. The van der Waals surface area contributed by atoms with E-state index in [0.29, 0.717) is 18.0 Å². The van der Waals surface area contributed by atoms with Crippen LogP contribution in [0.25, 0.3) is 0 Å². The summed E-state index contributed by atoms with van der Waals surface area (Å²) in [6, 6.07) is 6.34. The Morgan fingerprint density at radius 1 is 1.20 bits per heavy atom. The van der Waals surface area contributed by atoms with Gasteiger partial charge in [0.05, 0.1) is 5.69 Å². The van der Waals surface area contributed by atoms with Crippen molar-refractivity contribution in [3.8, 4) is 0 Å². The molecule has 3 amide bonds. The third-order valence-corrected chi connectivity index (χ3v) is 3.85. The Hall–Kier alpha value is -1.60. The van der Waals surface area contributed by atoms with Gasteiger partial charge in [0.25, 0.3) is 0 Å². The fourth-order valence-electron chi connectivity index (χ4n) is 2.08. The normalized spacial score (nSPS) is 11.4. The van der Waals surface area contributed by atoms with E-state index < -0.39 is 17.7 Å². The van der Waals surface area contributed by atoms with Crippen molar-refractivity contribution in [1.29, 1.82) is 0 Å². The number of imide groups is 1. The first-order valence-electron chi connectivity index (χ1n) is 8.36. The fourth-order valence-corrected chi connectivity index (χ4v) is 2.35. The van der Waals surface area contributed by atoms with Crippen LogP contribution in [0.1, 0.15) is 47.5 Å². The van der Waals surface area contributed by atoms with Crippen LogP contribution in [0.5, 0.6) is 0 Å². The predicted molar refractivity (Wildman–Crippen MR) is 103 cm³/mol. The van der Waals surface area contributed by atoms with E-state index in [0.717, 1.165) is 20.8 Å². The lowest BCUT2D eigenvalue weighted by atomic mass is 10.1. The highest BCUT2D eigenvalue weighted by Gasteiger charge is 2.30. The Bertz CT molecular complexity index is 582. The molecule has 0 heterocycles. The Balaban J connectivity index is 2.93. The van der Waals surface area contributed by atoms with Crippen molar-refractivity contribution in [2.24, 2.45) is 11.8 Å². The minimum absolute atomic E-state index is 0.260. The maximum absolute atomic E-state index is 12.7. The molecule has 2 N–H and O–H groups in total. The number of anilines is 1. The molecule has 25 heavy (non-hydrogen) atoms. The molecule has 0 saturated carbocycles. The second kappa shape index (κ2) is 9.20. The number of hydrogen-bond donors (Lipinski definition) is 1. The number of carbonyl (C=O) groups is 2. The van der Waals surface area contributed by atoms with Gasteiger partial charge in [0.15, 0.2) is 0 Å². The number of hydrazine groups is 1. The molecule has 1 rings (SSSR count). The van der Waals surface area contributed by atoms with E-state index in [-0.39, 0.29) is 6.54 Å². The molecule has 7 heteroatoms. The monoisotopic (exact) mass is 413 g/mol. The molecule has 1 aromatic carbocycles. The van der Waals surface area contributed by atoms with Crippen molar-refractivity contribution >= 4 is 33.7 Å². The molecule has 0 fully saturated rings. The number of nitrogens with two attached hydrogens (primary N) is 1. The van der Waals surface area contributed by atoms with Crippen molar-refractivity contribution in [3.05, 3.63) is 28.7 Å². The van der Waals surface area contributed by atoms with Gasteiger partial charge in [-0.25, -0.2) is 25.3 Å². The van der Waals surface area contributed by atoms with Crippen molar-refractivity contribution in [2.75, 3.05) is 11.6 Å². The summed E-state index contributed by atoms with van der Waals surface area (Å²) in [5.41, 5.74) is -0.198. The van der Waals surface area contributed by atoms with Gasteiger partial charge in [0.2, 0.25) is 0 Å². The molecule has 0 aromatic heterocycles. The molecule has 0 aliphatic carbocycles. The maximum Gasteiger partial charge on any atom is 0.418 e. The zero-order valence-corrected chi connectivity index (χ0v) is 17.2. The number of benzene rings is 1. The van der Waals surface area contributed by atoms with E-state index in [1.165, 1.54) is 0 Å². The summed E-state index contributed by atoms with van der Waals surface area (Å²) in [5.74, 6) is 6.42. The maximum atomic E-state index is 12.7. The summed E-state index contributed by atoms with van der Waals surface area (Å²) in [7, 11) is 0. The first-order chi connectivity index (χ1) is 11.5. The van der Waals surface area contributed by atoms with E-state index >= 15 is 0 Å². The average Bonchev–Trinajstić information content (AvgIpc) is 2.49. The zero-order valence-electron chi connectivity index (χ0n) is 15.6. The number of hydrogen-bond acceptors (Lipinski definition) is 4. The number of nitrogens with zero attached hydrogens (tertiary/aromatic N) is 2. The van der Waals surface area contributed by atoms with E-state index in [2.05, 4.69) is 29.8 Å². The number of amides is 3. The van der Waals surface area contributed by atoms with Crippen LogP contribution in [-0.2, 0) is 4.74 Å². The molecule has 0 radical (unpaired) electrons. The molecule has 0 aliphatic rings. The van der Waals surface area contributed by atoms with Gasteiger partial charge in [-0.15, -0.1) is 0 Å². The summed E-state index contributed by atoms with van der Waals surface area (Å²) < 4.78 is 6.23. The SMILES string of the molecule is CC(C)CCCN(C(=O)OC(C)(C)C)C(=O)N(N)c1ccc(Br)cc1. The average molecular weight is 414 g/mol. The Morgan fingerprint density at radius 2 is 1.76 bits per heavy atom. The van der Waals surface area contributed by atoms with E-state index in [4.69, 9.17) is 10.6 Å². The lowest BCUT2D eigenvalue weighted by Crippen LogP contribution is -2.51. The Kier molecular flexibility index (Phi) is 7.89. The molecule has 6 nitrogen and oxygen atoms in total. The molecular weight excluding hydrogens is 386 g/mol. The van der Waals surface area contributed by atoms with Gasteiger partial charge in [-0.2, -0.15) is 0 Å². The Labute approximate surface area is 158 Å². The van der Waals surface area contributed by atoms with Crippen molar-refractivity contribution in [3.63, 3.8) is 0 Å². The topological polar surface area (TPSA) is 75.9 Å². The standard InChI is InChI=1S/C18H28BrN3O3/c1-13(2)7-6-12-21(17(24)25-18(3,4)5)16(23)22(20)15-10-8-14(19)9-11-15/h8-11,13H,6-7,12,20H2,1-5H3. The lowest BCUT2D eigenvalue weighted by Gasteiger charge is -2.29. The minimum atomic E-state index is -0.690. The Morgan fingerprint density at radius 3 is 2.24 bits per heavy atom. The first kappa shape index (κ1) is 21.4. The van der Waals surface area contributed by atoms with E-state index in [1.54, 1.807) is 45.0 Å². The van der Waals surface area contributed by atoms with Crippen LogP contribution >= 0.6 is 15.9 Å². The minimum Gasteiger partial charge on any atom is -0.443 e. The molecule has 0 bridgehead atoms. The van der Waals surface area contributed by atoms with Crippen molar-refractivity contribution in [1.82, 2.24) is 4.90 Å². The van der Waals surface area contributed by atoms with Gasteiger partial charge < -0.3 is 4.74 Å². The second-order valence-electron chi connectivity index (χ2n) is 7.30. The van der Waals surface area contributed by atoms with E-state index in [9.17, 15) is 9.59 Å². The predicted octanol–water partition coefficient (Wildman–Crippen LogP) is 4.92. The highest BCUT2D eigenvalue weighted by atomic mass is 79.9. The summed E-state index contributed by atoms with van der Waals surface area (Å²) in [6.07, 6.45) is 0.903. The summed E-state index contributed by atoms with van der Waals surface area (Å²) in [4.78, 5) is 26.3. The molecule has 0 saturated heterocycles. The van der Waals surface area contributed by atoms with Gasteiger partial charge >= 0.3 is 12.1 Å². The van der Waals surface area contributed by atoms with Gasteiger partial charge in [-0.3, -0.25) is 0 Å². The molecular formula is C18H28BrN3O3. The van der Waals surface area contributed by atoms with E-state index in [1.807, 2.05) is 0 Å². The van der Waals surface area contributed by atoms with Gasteiger partial charge in [0, 0.05) is 11.0 Å². The molecule has 0 unspecified atom stereocenters. The van der Waals surface area contributed by atoms with Gasteiger partial charge in [0.1, 0.15) is 5.60 Å². The molecule has 0 spiro atoms. The van der Waals surface area contributed by atoms with Gasteiger partial charge in [-0.05, 0) is 63.8 Å². The fraction of sp³-hybridized carbons (Fsp3) is 0.556. The van der Waals surface area contributed by atoms with Crippen LogP contribution < -0.4 is 10.9 Å². The summed E-state index contributed by atoms with van der Waals surface area (Å²) >= 11 is 3.34. The van der Waals surface area contributed by atoms with Gasteiger partial charge in [-0.1, -0.05) is 29.8 Å². The van der Waals surface area contributed by atoms with Crippen LogP contribution in [-0.4, -0.2) is 29.2 Å². The van der Waals surface area contributed by atoms with Crippen LogP contribution in [0.4, 0.5) is 15.3 Å². The molecule has 0 atom stereocenters. The number of carbonyl (C=O) groups excluding carboxylic acids is 2. The number of halogens is 1. The first-order valence-corrected chi connectivity index (χ1v) is 9.15. The molecule has 1 aromatic rings. The summed E-state index contributed by atoms with van der Waals surface area (Å²) in [5, 5.41) is 0.964. The van der Waals surface area contributed by atoms with Crippen LogP contribution in [0.3, 0.4) is 0 Å². The number of urea groups is 1. The largest absolute Gasteiger partial charge is 0.443 e.